The molecule has 1 aromatic heterocycles. The molecule has 0 saturated carbocycles. The molecule has 0 amide bonds. The van der Waals surface area contributed by atoms with E-state index in [0.29, 0.717) is 0 Å². The van der Waals surface area contributed by atoms with E-state index in [9.17, 15) is 0 Å². The molecule has 0 bridgehead atoms. The highest BCUT2D eigenvalue weighted by molar-refractivity contribution is 5.35. The van der Waals surface area contributed by atoms with Gasteiger partial charge in [-0.05, 0) is 11.3 Å². The van der Waals surface area contributed by atoms with E-state index in [1.54, 1.807) is 6.08 Å². The Kier molecular flexibility index (Phi) is 11.7. The third-order valence-corrected chi connectivity index (χ3v) is 1.53. The summed E-state index contributed by atoms with van der Waals surface area (Å²) in [6.07, 6.45) is 6.95. The van der Waals surface area contributed by atoms with E-state index in [1.807, 2.05) is 43.8 Å². The molecule has 1 heterocycles. The van der Waals surface area contributed by atoms with Crippen LogP contribution in [0.2, 0.25) is 0 Å². The largest absolute Gasteiger partial charge is 0.351 e. The summed E-state index contributed by atoms with van der Waals surface area (Å²) in [7, 11) is 1.97. The van der Waals surface area contributed by atoms with E-state index < -0.39 is 0 Å². The molecule has 15 heavy (non-hydrogen) atoms. The number of rotatable bonds is 1. The zero-order valence-electron chi connectivity index (χ0n) is 10.9. The Hall–Kier alpha value is -1.24. The fourth-order valence-corrected chi connectivity index (χ4v) is 0.861. The molecule has 0 aliphatic rings. The summed E-state index contributed by atoms with van der Waals surface area (Å²) in [6, 6.07) is 2.02. The maximum absolute atomic E-state index is 3.88. The highest BCUT2D eigenvalue weighted by Crippen LogP contribution is 1.69. The van der Waals surface area contributed by atoms with Gasteiger partial charge in [0.2, 0.25) is 0 Å². The smallest absolute Gasteiger partial charge is 0.0404 e. The number of hydrogen-bond donors (Lipinski definition) is 0. The third kappa shape index (κ3) is 6.78. The van der Waals surface area contributed by atoms with Crippen molar-refractivity contribution in [2.45, 2.75) is 34.1 Å². The van der Waals surface area contributed by atoms with Crippen LogP contribution < -0.4 is 10.6 Å². The Bertz CT molecular complexity index is 344. The van der Waals surface area contributed by atoms with E-state index in [0.717, 1.165) is 10.6 Å². The van der Waals surface area contributed by atoms with E-state index in [4.69, 9.17) is 0 Å². The lowest BCUT2D eigenvalue weighted by Gasteiger charge is -1.84. The zero-order chi connectivity index (χ0) is 12.3. The number of allylic oxidation sites excluding steroid dienone is 1. The molecule has 0 radical (unpaired) electrons. The van der Waals surface area contributed by atoms with Gasteiger partial charge in [0.05, 0.1) is 0 Å². The van der Waals surface area contributed by atoms with Crippen molar-refractivity contribution < 1.29 is 0 Å². The predicted molar refractivity (Wildman–Crippen MR) is 72.2 cm³/mol. The van der Waals surface area contributed by atoms with Crippen molar-refractivity contribution in [1.82, 2.24) is 4.57 Å². The molecule has 0 saturated heterocycles. The van der Waals surface area contributed by atoms with Gasteiger partial charge in [0.25, 0.3) is 0 Å². The van der Waals surface area contributed by atoms with Gasteiger partial charge in [-0.3, -0.25) is 0 Å². The molecule has 1 heteroatoms. The van der Waals surface area contributed by atoms with Crippen molar-refractivity contribution >= 4 is 12.7 Å². The van der Waals surface area contributed by atoms with Gasteiger partial charge in [-0.15, -0.1) is 0 Å². The minimum absolute atomic E-state index is 1.03. The van der Waals surface area contributed by atoms with Gasteiger partial charge in [0.1, 0.15) is 0 Å². The van der Waals surface area contributed by atoms with Crippen LogP contribution in [0.4, 0.5) is 0 Å². The lowest BCUT2D eigenvalue weighted by molar-refractivity contribution is 0.891. The summed E-state index contributed by atoms with van der Waals surface area (Å²) >= 11 is 0. The van der Waals surface area contributed by atoms with Crippen LogP contribution in [0.1, 0.15) is 34.1 Å². The molecule has 0 N–H and O–H groups in total. The maximum Gasteiger partial charge on any atom is 0.0404 e. The molecule has 1 nitrogen and oxygen atoms in total. The Morgan fingerprint density at radius 1 is 1.33 bits per heavy atom. The molecule has 0 aromatic carbocycles. The highest BCUT2D eigenvalue weighted by Gasteiger charge is 1.83. The summed E-state index contributed by atoms with van der Waals surface area (Å²) in [5, 5.41) is 2.16. The lowest BCUT2D eigenvalue weighted by atomic mass is 10.4. The van der Waals surface area contributed by atoms with Crippen molar-refractivity contribution in [3.8, 4) is 0 Å². The van der Waals surface area contributed by atoms with Crippen molar-refractivity contribution in [3.63, 3.8) is 0 Å². The molecule has 0 spiro atoms. The van der Waals surface area contributed by atoms with Gasteiger partial charge in [-0.25, -0.2) is 0 Å². The molecule has 0 fully saturated rings. The molecule has 86 valence electrons. The van der Waals surface area contributed by atoms with Gasteiger partial charge in [0, 0.05) is 18.6 Å². The molecular formula is C14H25N. The van der Waals surface area contributed by atoms with Crippen molar-refractivity contribution in [2.75, 3.05) is 0 Å². The van der Waals surface area contributed by atoms with Crippen LogP contribution in [-0.4, -0.2) is 4.57 Å². The van der Waals surface area contributed by atoms with E-state index in [-0.39, 0.29) is 0 Å². The van der Waals surface area contributed by atoms with Gasteiger partial charge < -0.3 is 4.57 Å². The second kappa shape index (κ2) is 10.8. The Balaban J connectivity index is 0. The zero-order valence-corrected chi connectivity index (χ0v) is 10.9. The van der Waals surface area contributed by atoms with Gasteiger partial charge in [-0.1, -0.05) is 59.4 Å². The molecule has 0 unspecified atom stereocenters. The first kappa shape index (κ1) is 16.2. The first-order valence-electron chi connectivity index (χ1n) is 5.60. The first-order valence-corrected chi connectivity index (χ1v) is 5.60. The van der Waals surface area contributed by atoms with Crippen molar-refractivity contribution in [1.29, 1.82) is 0 Å². The molecule has 1 aromatic rings. The number of hydrogen-bond acceptors (Lipinski definition) is 0. The standard InChI is InChI=1S/C9H11N.C3H8.C2H6/c1-4-5-9-6-7-10(3)8(9)2;1-3-2;1-2/h4-7H,1-2H2,3H3;3H2,1-2H3;1-2H3/b9-5-;;. The maximum atomic E-state index is 3.88. The SMILES string of the molecule is C=C/C=c1/ccn(C)c1=C.CC.CCC. The van der Waals surface area contributed by atoms with Gasteiger partial charge in [-0.2, -0.15) is 0 Å². The quantitative estimate of drug-likeness (QED) is 0.667. The van der Waals surface area contributed by atoms with Crippen LogP contribution >= 0.6 is 0 Å². The molecule has 0 aliphatic heterocycles. The average Bonchev–Trinajstić information content (AvgIpc) is 2.55. The first-order chi connectivity index (χ1) is 7.17. The van der Waals surface area contributed by atoms with Crippen LogP contribution in [0.3, 0.4) is 0 Å². The Labute approximate surface area is 94.4 Å². The fraction of sp³-hybridized carbons (Fsp3) is 0.429. The fourth-order valence-electron chi connectivity index (χ4n) is 0.861. The number of nitrogens with zero attached hydrogens (tertiary/aromatic N) is 1. The Morgan fingerprint density at radius 3 is 2.07 bits per heavy atom. The normalized spacial score (nSPS) is 9.53. The minimum Gasteiger partial charge on any atom is -0.351 e. The summed E-state index contributed by atoms with van der Waals surface area (Å²) < 4.78 is 1.98. The molecular weight excluding hydrogens is 182 g/mol. The molecule has 0 atom stereocenters. The van der Waals surface area contributed by atoms with Crippen LogP contribution in [0, 0.1) is 0 Å². The van der Waals surface area contributed by atoms with Crippen molar-refractivity contribution in [3.05, 3.63) is 35.5 Å². The van der Waals surface area contributed by atoms with E-state index in [1.165, 1.54) is 6.42 Å². The van der Waals surface area contributed by atoms with E-state index in [2.05, 4.69) is 27.0 Å². The van der Waals surface area contributed by atoms with E-state index >= 15 is 0 Å². The second-order valence-electron chi connectivity index (χ2n) is 2.94. The van der Waals surface area contributed by atoms with Crippen LogP contribution in [0.25, 0.3) is 12.7 Å². The minimum atomic E-state index is 1.03. The predicted octanol–water partition coefficient (Wildman–Crippen LogP) is 2.84. The summed E-state index contributed by atoms with van der Waals surface area (Å²) in [5.41, 5.74) is 0. The molecule has 1 rings (SSSR count). The molecule has 0 aliphatic carbocycles. The second-order valence-corrected chi connectivity index (χ2v) is 2.94. The topological polar surface area (TPSA) is 4.93 Å². The van der Waals surface area contributed by atoms with Crippen molar-refractivity contribution in [2.24, 2.45) is 7.05 Å². The van der Waals surface area contributed by atoms with Crippen LogP contribution in [0.15, 0.2) is 24.9 Å². The lowest BCUT2D eigenvalue weighted by Crippen LogP contribution is -2.24. The van der Waals surface area contributed by atoms with Gasteiger partial charge in [0.15, 0.2) is 0 Å². The van der Waals surface area contributed by atoms with Crippen LogP contribution in [-0.2, 0) is 7.05 Å². The summed E-state index contributed by atoms with van der Waals surface area (Å²) in [4.78, 5) is 0. The number of aromatic nitrogens is 1. The van der Waals surface area contributed by atoms with Gasteiger partial charge >= 0.3 is 0 Å². The third-order valence-electron chi connectivity index (χ3n) is 1.53. The van der Waals surface area contributed by atoms with Crippen LogP contribution in [0.5, 0.6) is 0 Å². The summed E-state index contributed by atoms with van der Waals surface area (Å²) in [6.45, 7) is 15.7. The number of aryl methyl sites for hydroxylation is 1. The monoisotopic (exact) mass is 207 g/mol. The Morgan fingerprint density at radius 2 is 1.80 bits per heavy atom. The average molecular weight is 207 g/mol. The highest BCUT2D eigenvalue weighted by atomic mass is 14.9. The summed E-state index contributed by atoms with van der Waals surface area (Å²) in [5.74, 6) is 0.